The number of piperazine rings is 1. The molecule has 2 aliphatic rings. The van der Waals surface area contributed by atoms with Crippen LogP contribution in [0, 0.1) is 0 Å². The van der Waals surface area contributed by atoms with Gasteiger partial charge in [0.25, 0.3) is 5.91 Å². The highest BCUT2D eigenvalue weighted by atomic mass is 16.5. The molecule has 8 nitrogen and oxygen atoms in total. The number of hydrogen-bond acceptors (Lipinski definition) is 6. The average Bonchev–Trinajstić information content (AvgIpc) is 2.94. The lowest BCUT2D eigenvalue weighted by atomic mass is 9.79. The first-order chi connectivity index (χ1) is 17.5. The number of anilines is 1. The predicted molar refractivity (Wildman–Crippen MR) is 137 cm³/mol. The molecule has 1 fully saturated rings. The lowest BCUT2D eigenvalue weighted by Crippen LogP contribution is -2.53. The molecule has 0 radical (unpaired) electrons. The first kappa shape index (κ1) is 23.7. The van der Waals surface area contributed by atoms with E-state index >= 15 is 0 Å². The lowest BCUT2D eigenvalue weighted by molar-refractivity contribution is -0.134. The van der Waals surface area contributed by atoms with Gasteiger partial charge in [0.1, 0.15) is 0 Å². The van der Waals surface area contributed by atoms with Crippen molar-refractivity contribution in [2.24, 2.45) is 0 Å². The van der Waals surface area contributed by atoms with E-state index < -0.39 is 12.0 Å². The van der Waals surface area contributed by atoms with E-state index in [0.29, 0.717) is 35.7 Å². The fourth-order valence-corrected chi connectivity index (χ4v) is 5.30. The molecule has 2 aromatic carbocycles. The van der Waals surface area contributed by atoms with Crippen LogP contribution >= 0.6 is 0 Å². The minimum absolute atomic E-state index is 0.00983. The number of para-hydroxylation sites is 1. The molecule has 3 aromatic rings. The van der Waals surface area contributed by atoms with Gasteiger partial charge in [-0.05, 0) is 41.5 Å². The van der Waals surface area contributed by atoms with Gasteiger partial charge in [-0.25, -0.2) is 0 Å². The van der Waals surface area contributed by atoms with Crippen LogP contribution in [0.3, 0.4) is 0 Å². The van der Waals surface area contributed by atoms with Gasteiger partial charge in [-0.2, -0.15) is 0 Å². The Kier molecular flexibility index (Phi) is 6.50. The smallest absolute Gasteiger partial charge is 0.254 e. The minimum Gasteiger partial charge on any atom is -0.493 e. The summed E-state index contributed by atoms with van der Waals surface area (Å²) in [7, 11) is 4.83. The number of nitrogens with zero attached hydrogens (tertiary/aromatic N) is 4. The molecule has 1 saturated heterocycles. The number of fused-ring (bicyclic) bond motifs is 1. The molecule has 2 amide bonds. The summed E-state index contributed by atoms with van der Waals surface area (Å²) in [4.78, 5) is 37.8. The fraction of sp³-hybridized carbons (Fsp3) is 0.321. The molecule has 3 heterocycles. The van der Waals surface area contributed by atoms with E-state index in [1.54, 1.807) is 43.6 Å². The van der Waals surface area contributed by atoms with Crippen LogP contribution in [-0.2, 0) is 4.79 Å². The number of likely N-dealkylation sites (N-methyl/N-ethyl adjacent to an activating group) is 1. The Morgan fingerprint density at radius 2 is 1.64 bits per heavy atom. The first-order valence-corrected chi connectivity index (χ1v) is 12.0. The molecular weight excluding hydrogens is 456 g/mol. The topological polar surface area (TPSA) is 75.2 Å². The van der Waals surface area contributed by atoms with E-state index in [4.69, 9.17) is 9.47 Å². The number of aromatic nitrogens is 1. The highest BCUT2D eigenvalue weighted by Gasteiger charge is 2.45. The third-order valence-electron chi connectivity index (χ3n) is 7.18. The summed E-state index contributed by atoms with van der Waals surface area (Å²) in [6.07, 6.45) is 3.42. The molecule has 0 unspecified atom stereocenters. The molecule has 0 N–H and O–H groups in total. The standard InChI is InChI=1S/C28H30N4O4/c1-30-26(19-8-7-11-29-18-19)25(21-16-23(35-2)24(36-3)17-22(21)27(30)33)28(34)32-14-12-31(13-15-32)20-9-5-4-6-10-20/h4-11,16-18,25-26H,12-15H2,1-3H3/t25-,26-/m0/s1. The molecule has 2 aliphatic heterocycles. The molecule has 0 spiro atoms. The molecule has 8 heteroatoms. The molecular formula is C28H30N4O4. The van der Waals surface area contributed by atoms with Crippen LogP contribution < -0.4 is 14.4 Å². The van der Waals surface area contributed by atoms with Crippen LogP contribution in [0.15, 0.2) is 67.0 Å². The maximum Gasteiger partial charge on any atom is 0.254 e. The minimum atomic E-state index is -0.602. The zero-order valence-corrected chi connectivity index (χ0v) is 20.8. The van der Waals surface area contributed by atoms with E-state index in [1.165, 1.54) is 7.11 Å². The largest absolute Gasteiger partial charge is 0.493 e. The average molecular weight is 487 g/mol. The Hall–Kier alpha value is -4.07. The molecule has 2 atom stereocenters. The van der Waals surface area contributed by atoms with E-state index in [9.17, 15) is 9.59 Å². The zero-order valence-electron chi connectivity index (χ0n) is 20.8. The van der Waals surface area contributed by atoms with Crippen LogP contribution in [0.1, 0.15) is 33.4 Å². The van der Waals surface area contributed by atoms with Gasteiger partial charge >= 0.3 is 0 Å². The van der Waals surface area contributed by atoms with Crippen LogP contribution in [0.5, 0.6) is 11.5 Å². The number of methoxy groups -OCH3 is 2. The monoisotopic (exact) mass is 486 g/mol. The van der Waals surface area contributed by atoms with Crippen molar-refractivity contribution in [2.75, 3.05) is 52.3 Å². The third kappa shape index (κ3) is 4.12. The predicted octanol–water partition coefficient (Wildman–Crippen LogP) is 3.36. The van der Waals surface area contributed by atoms with Gasteiger partial charge in [0.2, 0.25) is 5.91 Å². The zero-order chi connectivity index (χ0) is 25.2. The van der Waals surface area contributed by atoms with Gasteiger partial charge in [0, 0.05) is 56.9 Å². The Morgan fingerprint density at radius 3 is 2.28 bits per heavy atom. The van der Waals surface area contributed by atoms with Crippen LogP contribution in [-0.4, -0.2) is 74.0 Å². The summed E-state index contributed by atoms with van der Waals surface area (Å²) >= 11 is 0. The second kappa shape index (κ2) is 9.89. The quantitative estimate of drug-likeness (QED) is 0.551. The van der Waals surface area contributed by atoms with Crippen molar-refractivity contribution in [3.8, 4) is 11.5 Å². The summed E-state index contributed by atoms with van der Waals surface area (Å²) in [6, 6.07) is 17.0. The van der Waals surface area contributed by atoms with Crippen LogP contribution in [0.25, 0.3) is 0 Å². The van der Waals surface area contributed by atoms with Crippen molar-refractivity contribution >= 4 is 17.5 Å². The van der Waals surface area contributed by atoms with Crippen molar-refractivity contribution < 1.29 is 19.1 Å². The molecule has 186 valence electrons. The summed E-state index contributed by atoms with van der Waals surface area (Å²) in [5.41, 5.74) is 3.08. The van der Waals surface area contributed by atoms with Crippen molar-refractivity contribution in [3.63, 3.8) is 0 Å². The lowest BCUT2D eigenvalue weighted by Gasteiger charge is -2.43. The van der Waals surface area contributed by atoms with Crippen molar-refractivity contribution in [1.29, 1.82) is 0 Å². The Balaban J connectivity index is 1.53. The Morgan fingerprint density at radius 1 is 0.944 bits per heavy atom. The number of benzene rings is 2. The number of pyridine rings is 1. The van der Waals surface area contributed by atoms with Crippen molar-refractivity contribution in [3.05, 3.63) is 83.7 Å². The van der Waals surface area contributed by atoms with Gasteiger partial charge in [-0.3, -0.25) is 14.6 Å². The Bertz CT molecular complexity index is 1240. The van der Waals surface area contributed by atoms with Crippen molar-refractivity contribution in [2.45, 2.75) is 12.0 Å². The number of ether oxygens (including phenoxy) is 2. The summed E-state index contributed by atoms with van der Waals surface area (Å²) in [5, 5.41) is 0. The van der Waals surface area contributed by atoms with Gasteiger partial charge in [0.15, 0.2) is 11.5 Å². The van der Waals surface area contributed by atoms with E-state index in [-0.39, 0.29) is 11.8 Å². The van der Waals surface area contributed by atoms with Gasteiger partial charge in [-0.15, -0.1) is 0 Å². The van der Waals surface area contributed by atoms with Gasteiger partial charge in [0.05, 0.1) is 26.2 Å². The first-order valence-electron chi connectivity index (χ1n) is 12.0. The van der Waals surface area contributed by atoms with E-state index in [1.807, 2.05) is 35.2 Å². The number of carbonyl (C=O) groups is 2. The normalized spacial score (nSPS) is 19.6. The number of carbonyl (C=O) groups excluding carboxylic acids is 2. The molecule has 1 aromatic heterocycles. The van der Waals surface area contributed by atoms with Crippen LogP contribution in [0.2, 0.25) is 0 Å². The molecule has 36 heavy (non-hydrogen) atoms. The SMILES string of the molecule is COc1cc2c(cc1OC)[C@H](C(=O)N1CCN(c3ccccc3)CC1)[C@H](c1cccnc1)N(C)C2=O. The van der Waals surface area contributed by atoms with E-state index in [0.717, 1.165) is 24.3 Å². The molecule has 0 saturated carbocycles. The van der Waals surface area contributed by atoms with E-state index in [2.05, 4.69) is 22.0 Å². The number of hydrogen-bond donors (Lipinski definition) is 0. The second-order valence-corrected chi connectivity index (χ2v) is 9.07. The highest BCUT2D eigenvalue weighted by Crippen LogP contribution is 2.46. The van der Waals surface area contributed by atoms with Gasteiger partial charge in [-0.1, -0.05) is 24.3 Å². The summed E-state index contributed by atoms with van der Waals surface area (Å²) in [6.45, 7) is 2.69. The van der Waals surface area contributed by atoms with Crippen LogP contribution in [0.4, 0.5) is 5.69 Å². The summed E-state index contributed by atoms with van der Waals surface area (Å²) < 4.78 is 11.0. The Labute approximate surface area is 211 Å². The van der Waals surface area contributed by atoms with Crippen molar-refractivity contribution in [1.82, 2.24) is 14.8 Å². The summed E-state index contributed by atoms with van der Waals surface area (Å²) in [5.74, 6) is 0.169. The molecule has 5 rings (SSSR count). The highest BCUT2D eigenvalue weighted by molar-refractivity contribution is 6.02. The number of amides is 2. The maximum atomic E-state index is 14.2. The number of rotatable bonds is 5. The van der Waals surface area contributed by atoms with Gasteiger partial charge < -0.3 is 24.2 Å². The molecule has 0 aliphatic carbocycles. The second-order valence-electron chi connectivity index (χ2n) is 9.07. The maximum absolute atomic E-state index is 14.2. The fourth-order valence-electron chi connectivity index (χ4n) is 5.30. The third-order valence-corrected chi connectivity index (χ3v) is 7.18. The molecule has 0 bridgehead atoms.